The van der Waals surface area contributed by atoms with Crippen LogP contribution in [0, 0.1) is 11.6 Å². The lowest BCUT2D eigenvalue weighted by Gasteiger charge is -2.34. The molecule has 10 nitrogen and oxygen atoms in total. The Morgan fingerprint density at radius 1 is 1.26 bits per heavy atom. The summed E-state index contributed by atoms with van der Waals surface area (Å²) in [5, 5.41) is 10.4. The van der Waals surface area contributed by atoms with Crippen LogP contribution in [0.25, 0.3) is 0 Å². The fourth-order valence-corrected chi connectivity index (χ4v) is 5.09. The number of nitrogens with one attached hydrogen (secondary N) is 1. The molecule has 0 saturated carbocycles. The van der Waals surface area contributed by atoms with Crippen LogP contribution in [0.1, 0.15) is 75.0 Å². The number of nitrogens with zero attached hydrogens (tertiary/aromatic N) is 1. The molecule has 210 valence electrons. The minimum Gasteiger partial charge on any atom is -0.403 e. The van der Waals surface area contributed by atoms with Crippen molar-refractivity contribution in [1.82, 2.24) is 9.55 Å². The van der Waals surface area contributed by atoms with Gasteiger partial charge in [-0.1, -0.05) is 41.5 Å². The normalized spacial score (nSPS) is 31.2. The summed E-state index contributed by atoms with van der Waals surface area (Å²) in [7, 11) is -5.07. The third-order valence-electron chi connectivity index (χ3n) is 5.95. The second-order valence-corrected chi connectivity index (χ2v) is 12.6. The molecule has 2 aliphatic heterocycles. The molecule has 1 saturated heterocycles. The first-order valence-corrected chi connectivity index (χ1v) is 13.0. The van der Waals surface area contributed by atoms with Crippen molar-refractivity contribution >= 4 is 7.82 Å². The Bertz CT molecular complexity index is 1570. The Hall–Kier alpha value is -2.44. The van der Waals surface area contributed by atoms with Crippen LogP contribution in [-0.2, 0) is 35.8 Å². The first-order chi connectivity index (χ1) is 18.4. The number of fused-ring (bicyclic) bond motifs is 1. The van der Waals surface area contributed by atoms with Crippen molar-refractivity contribution in [2.45, 2.75) is 83.6 Å². The van der Waals surface area contributed by atoms with Gasteiger partial charge in [0.2, 0.25) is 11.7 Å². The van der Waals surface area contributed by atoms with Gasteiger partial charge in [0, 0.05) is 12.0 Å². The fourth-order valence-electron chi connectivity index (χ4n) is 3.98. The molecular weight excluding hydrogens is 532 g/mol. The number of halogens is 3. The minimum atomic E-state index is -5.07. The molecule has 2 aliphatic rings. The smallest absolute Gasteiger partial charge is 0.403 e. The maximum absolute atomic E-state index is 16.0. The van der Waals surface area contributed by atoms with Crippen molar-refractivity contribution in [2.75, 3.05) is 6.56 Å². The molecule has 38 heavy (non-hydrogen) atoms. The van der Waals surface area contributed by atoms with E-state index in [2.05, 4.69) is 0 Å². The molecule has 0 aliphatic carbocycles. The van der Waals surface area contributed by atoms with E-state index in [1.165, 1.54) is 11.1 Å². The Kier molecular flexibility index (Phi) is 6.04. The van der Waals surface area contributed by atoms with Crippen LogP contribution in [0.4, 0.5) is 13.2 Å². The molecule has 0 spiro atoms. The van der Waals surface area contributed by atoms with Gasteiger partial charge in [0.25, 0.3) is 5.56 Å². The number of ether oxygens (including phenoxy) is 1. The zero-order valence-corrected chi connectivity index (χ0v) is 22.4. The van der Waals surface area contributed by atoms with Gasteiger partial charge in [-0.05, 0) is 22.5 Å². The molecule has 0 radical (unpaired) electrons. The molecule has 2 N–H and O–H groups in total. The zero-order valence-electron chi connectivity index (χ0n) is 24.5. The van der Waals surface area contributed by atoms with E-state index in [1.807, 2.05) is 0 Å². The van der Waals surface area contributed by atoms with Crippen LogP contribution < -0.4 is 15.8 Å². The van der Waals surface area contributed by atoms with Crippen LogP contribution in [-0.4, -0.2) is 33.2 Å². The summed E-state index contributed by atoms with van der Waals surface area (Å²) in [5.41, 5.74) is -3.68. The second-order valence-electron chi connectivity index (χ2n) is 11.1. The molecule has 1 aromatic heterocycles. The Morgan fingerprint density at radius 2 is 1.89 bits per heavy atom. The molecule has 0 amide bonds. The zero-order chi connectivity index (χ0) is 31.1. The number of aliphatic hydroxyl groups is 1. The van der Waals surface area contributed by atoms with Gasteiger partial charge in [-0.15, -0.1) is 0 Å². The molecule has 14 heteroatoms. The van der Waals surface area contributed by atoms with E-state index in [1.54, 1.807) is 41.5 Å². The van der Waals surface area contributed by atoms with Gasteiger partial charge in [0.15, 0.2) is 6.20 Å². The number of alkyl halides is 1. The lowest BCUT2D eigenvalue weighted by molar-refractivity contribution is -0.179. The van der Waals surface area contributed by atoms with E-state index in [4.69, 9.17) is 22.4 Å². The van der Waals surface area contributed by atoms with Crippen LogP contribution in [0.15, 0.2) is 21.9 Å². The van der Waals surface area contributed by atoms with Gasteiger partial charge in [0.05, 0.1) is 22.5 Å². The highest BCUT2D eigenvalue weighted by atomic mass is 31.2. The number of rotatable bonds is 4. The third kappa shape index (κ3) is 5.35. The van der Waals surface area contributed by atoms with Gasteiger partial charge in [0.1, 0.15) is 24.2 Å². The quantitative estimate of drug-likeness (QED) is 0.531. The molecule has 4 atom stereocenters. The van der Waals surface area contributed by atoms with E-state index in [-0.39, 0.29) is 22.1 Å². The van der Waals surface area contributed by atoms with Crippen molar-refractivity contribution in [1.29, 1.82) is 0 Å². The Morgan fingerprint density at radius 3 is 2.50 bits per heavy atom. The van der Waals surface area contributed by atoms with Crippen molar-refractivity contribution in [3.8, 4) is 5.75 Å². The van der Waals surface area contributed by atoms with Crippen molar-refractivity contribution in [2.24, 2.45) is 0 Å². The average Bonchev–Trinajstić information content (AvgIpc) is 3.04. The average molecular weight is 565 g/mol. The molecule has 3 heterocycles. The number of phosphoric ester groups is 1. The number of aromatic nitrogens is 2. The number of aromatic amines is 1. The summed E-state index contributed by atoms with van der Waals surface area (Å²) in [6, 6.07) is 1.53. The maximum Gasteiger partial charge on any atom is 0.530 e. The highest BCUT2D eigenvalue weighted by Crippen LogP contribution is 2.58. The monoisotopic (exact) mass is 565 g/mol. The fraction of sp³-hybridized carbons (Fsp3) is 0.583. The predicted octanol–water partition coefficient (Wildman–Crippen LogP) is 4.09. The van der Waals surface area contributed by atoms with Crippen LogP contribution >= 0.6 is 7.82 Å². The van der Waals surface area contributed by atoms with E-state index in [0.29, 0.717) is 11.1 Å². The topological polar surface area (TPSA) is 129 Å². The van der Waals surface area contributed by atoms with Crippen LogP contribution in [0.2, 0.25) is 0 Å². The molecule has 4 rings (SSSR count). The van der Waals surface area contributed by atoms with Crippen molar-refractivity contribution < 1.29 is 45.3 Å². The second kappa shape index (κ2) is 9.34. The first-order valence-electron chi connectivity index (χ1n) is 13.0. The number of hydrogen-bond donors (Lipinski definition) is 2. The number of phosphoric acid groups is 1. The van der Waals surface area contributed by atoms with Gasteiger partial charge >= 0.3 is 13.5 Å². The van der Waals surface area contributed by atoms with Crippen LogP contribution in [0.3, 0.4) is 0 Å². The van der Waals surface area contributed by atoms with Gasteiger partial charge in [-0.25, -0.2) is 18.1 Å². The van der Waals surface area contributed by atoms with Gasteiger partial charge in [-0.3, -0.25) is 23.4 Å². The Balaban J connectivity index is 1.71. The summed E-state index contributed by atoms with van der Waals surface area (Å²) in [5.74, 6) is -6.31. The number of aliphatic hydroxyl groups excluding tert-OH is 1. The molecule has 1 aromatic carbocycles. The van der Waals surface area contributed by atoms with E-state index < -0.39 is 79.3 Å². The molecule has 0 bridgehead atoms. The van der Waals surface area contributed by atoms with Gasteiger partial charge in [-0.2, -0.15) is 4.39 Å². The highest BCUT2D eigenvalue weighted by Gasteiger charge is 2.51. The van der Waals surface area contributed by atoms with Gasteiger partial charge < -0.3 is 14.4 Å². The maximum atomic E-state index is 16.0. The number of hydrogen-bond acceptors (Lipinski definition) is 8. The number of benzene rings is 1. The summed E-state index contributed by atoms with van der Waals surface area (Å²) in [6.07, 6.45) is -6.69. The van der Waals surface area contributed by atoms with Crippen molar-refractivity contribution in [3.05, 3.63) is 61.4 Å². The highest BCUT2D eigenvalue weighted by molar-refractivity contribution is 7.49. The summed E-state index contributed by atoms with van der Waals surface area (Å²) in [4.78, 5) is 25.0. The lowest BCUT2D eigenvalue weighted by atomic mass is 9.78. The summed E-state index contributed by atoms with van der Waals surface area (Å²) < 4.78 is 104. The molecular formula is C24H30F3N2O8P. The minimum absolute atomic E-state index is 0.0168. The largest absolute Gasteiger partial charge is 0.530 e. The van der Waals surface area contributed by atoms with E-state index in [0.717, 1.165) is 0 Å². The molecule has 1 unspecified atom stereocenters. The first kappa shape index (κ1) is 24.6. The lowest BCUT2D eigenvalue weighted by Crippen LogP contribution is -2.37. The SMILES string of the molecule is [2H]C([2H])(OP1(=O)OCc2c(F)c(C(C)(C)C)cc(C(C)(C)C)c2O1)[C@]1(F)C[C@@H](O)[C@]([2H])(n2cc(F)c(=O)[nH]c2=O)O1. The molecule has 1 fully saturated rings. The summed E-state index contributed by atoms with van der Waals surface area (Å²) >= 11 is 0. The third-order valence-corrected chi connectivity index (χ3v) is 7.11. The van der Waals surface area contributed by atoms with E-state index in [9.17, 15) is 23.7 Å². The summed E-state index contributed by atoms with van der Waals surface area (Å²) in [6.45, 7) is 6.20. The Labute approximate surface area is 220 Å². The predicted molar refractivity (Wildman–Crippen MR) is 129 cm³/mol. The standard InChI is InChI=1S/C24H30F3N2O8P/c1-22(2,3)13-7-14(23(4,5)6)18-12(17(13)26)10-34-38(33,37-18)35-11-24(27)8-16(30)20(36-24)29-9-15(25)19(31)28-21(29)32/h7,9,16,20,30H,8,10-11H2,1-6H3,(H,28,31,32)/t16-,20-,24+,38?/m1/s1/i11D2,20D. The molecule has 2 aromatic rings. The van der Waals surface area contributed by atoms with Crippen molar-refractivity contribution in [3.63, 3.8) is 0 Å². The van der Waals surface area contributed by atoms with E-state index >= 15 is 8.78 Å². The number of H-pyrrole nitrogens is 1. The van der Waals surface area contributed by atoms with Crippen LogP contribution in [0.5, 0.6) is 5.75 Å².